The highest BCUT2D eigenvalue weighted by Crippen LogP contribution is 2.25. The maximum absolute atomic E-state index is 11.7. The van der Waals surface area contributed by atoms with Crippen LogP contribution in [0.5, 0.6) is 0 Å². The first-order chi connectivity index (χ1) is 10.2. The molecule has 3 nitrogen and oxygen atoms in total. The highest BCUT2D eigenvalue weighted by atomic mass is 35.5. The van der Waals surface area contributed by atoms with E-state index in [-0.39, 0.29) is 0 Å². The smallest absolute Gasteiger partial charge is 0.332 e. The van der Waals surface area contributed by atoms with Gasteiger partial charge in [0, 0.05) is 6.08 Å². The Bertz CT molecular complexity index is 638. The van der Waals surface area contributed by atoms with E-state index in [0.29, 0.717) is 17.3 Å². The molecule has 0 aliphatic heterocycles. The van der Waals surface area contributed by atoms with Crippen LogP contribution in [0.15, 0.2) is 60.7 Å². The Morgan fingerprint density at radius 2 is 1.81 bits per heavy atom. The quantitative estimate of drug-likeness (QED) is 0.659. The number of carbonyl (C=O) groups is 1. The van der Waals surface area contributed by atoms with Gasteiger partial charge in [-0.3, -0.25) is 0 Å². The van der Waals surface area contributed by atoms with Gasteiger partial charge in [0.2, 0.25) is 0 Å². The van der Waals surface area contributed by atoms with Crippen molar-refractivity contribution in [3.05, 3.63) is 71.3 Å². The average Bonchev–Trinajstić information content (AvgIpc) is 2.50. The lowest BCUT2D eigenvalue weighted by Gasteiger charge is -2.12. The van der Waals surface area contributed by atoms with Crippen LogP contribution in [0.25, 0.3) is 5.70 Å². The van der Waals surface area contributed by atoms with E-state index in [1.54, 1.807) is 13.0 Å². The summed E-state index contributed by atoms with van der Waals surface area (Å²) in [4.78, 5) is 11.7. The van der Waals surface area contributed by atoms with Gasteiger partial charge >= 0.3 is 5.97 Å². The topological polar surface area (TPSA) is 38.3 Å². The Balaban J connectivity index is 2.33. The molecule has 0 radical (unpaired) electrons. The van der Waals surface area contributed by atoms with Crippen LogP contribution in [-0.4, -0.2) is 12.6 Å². The molecule has 0 heterocycles. The number of hydrogen-bond donors (Lipinski definition) is 1. The third-order valence-corrected chi connectivity index (χ3v) is 3.11. The molecule has 0 atom stereocenters. The van der Waals surface area contributed by atoms with Gasteiger partial charge in [-0.05, 0) is 24.6 Å². The number of rotatable bonds is 5. The SMILES string of the molecule is CCOC(=O)/C=C(/Nc1ccccc1Cl)c1ccccc1. The molecule has 0 bridgehead atoms. The van der Waals surface area contributed by atoms with Gasteiger partial charge in [-0.15, -0.1) is 0 Å². The molecular formula is C17H16ClNO2. The second-order valence-electron chi connectivity index (χ2n) is 4.28. The Morgan fingerprint density at radius 1 is 1.14 bits per heavy atom. The fourth-order valence-corrected chi connectivity index (χ4v) is 2.00. The van der Waals surface area contributed by atoms with Crippen molar-refractivity contribution in [1.82, 2.24) is 0 Å². The van der Waals surface area contributed by atoms with Gasteiger partial charge in [-0.1, -0.05) is 54.1 Å². The Labute approximate surface area is 129 Å². The van der Waals surface area contributed by atoms with Crippen LogP contribution in [0.3, 0.4) is 0 Å². The van der Waals surface area contributed by atoms with Crippen LogP contribution in [0.4, 0.5) is 5.69 Å². The molecule has 0 aromatic heterocycles. The van der Waals surface area contributed by atoms with E-state index >= 15 is 0 Å². The summed E-state index contributed by atoms with van der Waals surface area (Å²) < 4.78 is 4.97. The van der Waals surface area contributed by atoms with Crippen molar-refractivity contribution >= 4 is 29.0 Å². The molecule has 0 fully saturated rings. The van der Waals surface area contributed by atoms with E-state index in [1.165, 1.54) is 6.08 Å². The minimum absolute atomic E-state index is 0.337. The molecule has 0 aliphatic rings. The summed E-state index contributed by atoms with van der Waals surface area (Å²) in [6.07, 6.45) is 1.43. The molecule has 0 saturated carbocycles. The normalized spacial score (nSPS) is 11.0. The zero-order valence-corrected chi connectivity index (χ0v) is 12.4. The first-order valence-electron chi connectivity index (χ1n) is 6.66. The molecule has 21 heavy (non-hydrogen) atoms. The summed E-state index contributed by atoms with van der Waals surface area (Å²) in [6, 6.07) is 16.9. The Kier molecular flexibility index (Phi) is 5.41. The molecule has 0 spiro atoms. The number of carbonyl (C=O) groups excluding carboxylic acids is 1. The average molecular weight is 302 g/mol. The van der Waals surface area contributed by atoms with Crippen molar-refractivity contribution < 1.29 is 9.53 Å². The second-order valence-corrected chi connectivity index (χ2v) is 4.69. The van der Waals surface area contributed by atoms with Gasteiger partial charge < -0.3 is 10.1 Å². The molecule has 0 aliphatic carbocycles. The summed E-state index contributed by atoms with van der Waals surface area (Å²) in [7, 11) is 0. The zero-order valence-electron chi connectivity index (χ0n) is 11.7. The van der Waals surface area contributed by atoms with Crippen molar-refractivity contribution in [3.63, 3.8) is 0 Å². The number of nitrogens with one attached hydrogen (secondary N) is 1. The number of ether oxygens (including phenoxy) is 1. The van der Waals surface area contributed by atoms with Gasteiger partial charge in [0.25, 0.3) is 0 Å². The van der Waals surface area contributed by atoms with Crippen molar-refractivity contribution in [2.24, 2.45) is 0 Å². The number of esters is 1. The molecule has 0 unspecified atom stereocenters. The van der Waals surface area contributed by atoms with Crippen LogP contribution >= 0.6 is 11.6 Å². The monoisotopic (exact) mass is 301 g/mol. The summed E-state index contributed by atoms with van der Waals surface area (Å²) in [5, 5.41) is 3.77. The largest absolute Gasteiger partial charge is 0.463 e. The minimum Gasteiger partial charge on any atom is -0.463 e. The lowest BCUT2D eigenvalue weighted by atomic mass is 10.1. The fraction of sp³-hybridized carbons (Fsp3) is 0.118. The summed E-state index contributed by atoms with van der Waals surface area (Å²) in [5.74, 6) is -0.393. The van der Waals surface area contributed by atoms with Gasteiger partial charge in [-0.25, -0.2) is 4.79 Å². The predicted octanol–water partition coefficient (Wildman–Crippen LogP) is 4.36. The van der Waals surface area contributed by atoms with E-state index in [1.807, 2.05) is 48.5 Å². The molecular weight excluding hydrogens is 286 g/mol. The van der Waals surface area contributed by atoms with Crippen molar-refractivity contribution in [1.29, 1.82) is 0 Å². The van der Waals surface area contributed by atoms with E-state index in [0.717, 1.165) is 11.3 Å². The number of hydrogen-bond acceptors (Lipinski definition) is 3. The third kappa shape index (κ3) is 4.36. The lowest BCUT2D eigenvalue weighted by molar-refractivity contribution is -0.137. The van der Waals surface area contributed by atoms with E-state index in [9.17, 15) is 4.79 Å². The number of benzene rings is 2. The van der Waals surface area contributed by atoms with E-state index in [4.69, 9.17) is 16.3 Å². The Hall–Kier alpha value is -2.26. The zero-order chi connectivity index (χ0) is 15.1. The van der Waals surface area contributed by atoms with Gasteiger partial charge in [0.05, 0.1) is 23.0 Å². The van der Waals surface area contributed by atoms with Crippen molar-refractivity contribution in [3.8, 4) is 0 Å². The molecule has 0 amide bonds. The van der Waals surface area contributed by atoms with Crippen LogP contribution in [0.2, 0.25) is 5.02 Å². The highest BCUT2D eigenvalue weighted by Gasteiger charge is 2.07. The van der Waals surface area contributed by atoms with Gasteiger partial charge in [0.15, 0.2) is 0 Å². The maximum atomic E-state index is 11.7. The molecule has 0 saturated heterocycles. The predicted molar refractivity (Wildman–Crippen MR) is 86.1 cm³/mol. The molecule has 2 rings (SSSR count). The van der Waals surface area contributed by atoms with E-state index < -0.39 is 5.97 Å². The minimum atomic E-state index is -0.393. The number of halogens is 1. The van der Waals surface area contributed by atoms with Crippen LogP contribution in [0.1, 0.15) is 12.5 Å². The first-order valence-corrected chi connectivity index (χ1v) is 7.04. The van der Waals surface area contributed by atoms with Crippen molar-refractivity contribution in [2.45, 2.75) is 6.92 Å². The first kappa shape index (κ1) is 15.1. The maximum Gasteiger partial charge on any atom is 0.332 e. The van der Waals surface area contributed by atoms with Crippen LogP contribution in [0, 0.1) is 0 Å². The molecule has 4 heteroatoms. The summed E-state index contributed by atoms with van der Waals surface area (Å²) in [6.45, 7) is 2.11. The van der Waals surface area contributed by atoms with Crippen LogP contribution in [-0.2, 0) is 9.53 Å². The second kappa shape index (κ2) is 7.50. The lowest BCUT2D eigenvalue weighted by Crippen LogP contribution is -2.06. The van der Waals surface area contributed by atoms with Crippen molar-refractivity contribution in [2.75, 3.05) is 11.9 Å². The molecule has 2 aromatic rings. The fourth-order valence-electron chi connectivity index (χ4n) is 1.82. The Morgan fingerprint density at radius 3 is 2.48 bits per heavy atom. The number of para-hydroxylation sites is 1. The number of anilines is 1. The third-order valence-electron chi connectivity index (χ3n) is 2.78. The van der Waals surface area contributed by atoms with Gasteiger partial charge in [0.1, 0.15) is 0 Å². The standard InChI is InChI=1S/C17H16ClNO2/c1-2-21-17(20)12-16(13-8-4-3-5-9-13)19-15-11-7-6-10-14(15)18/h3-12,19H,2H2,1H3/b16-12+. The van der Waals surface area contributed by atoms with Crippen LogP contribution < -0.4 is 5.32 Å². The summed E-state index contributed by atoms with van der Waals surface area (Å²) >= 11 is 6.15. The molecule has 1 N–H and O–H groups in total. The molecule has 2 aromatic carbocycles. The summed E-state index contributed by atoms with van der Waals surface area (Å²) in [5.41, 5.74) is 2.26. The molecule has 108 valence electrons. The van der Waals surface area contributed by atoms with Gasteiger partial charge in [-0.2, -0.15) is 0 Å². The van der Waals surface area contributed by atoms with E-state index in [2.05, 4.69) is 5.32 Å². The highest BCUT2D eigenvalue weighted by molar-refractivity contribution is 6.33.